The van der Waals surface area contributed by atoms with Crippen molar-refractivity contribution in [3.63, 3.8) is 0 Å². The fourth-order valence-corrected chi connectivity index (χ4v) is 4.13. The summed E-state index contributed by atoms with van der Waals surface area (Å²) in [6, 6.07) is 10.8. The molecule has 1 aromatic heterocycles. The van der Waals surface area contributed by atoms with Crippen molar-refractivity contribution >= 4 is 5.91 Å². The summed E-state index contributed by atoms with van der Waals surface area (Å²) < 4.78 is 0. The second kappa shape index (κ2) is 9.69. The predicted molar refractivity (Wildman–Crippen MR) is 123 cm³/mol. The van der Waals surface area contributed by atoms with Crippen molar-refractivity contribution in [2.24, 2.45) is 11.8 Å². The van der Waals surface area contributed by atoms with Gasteiger partial charge in [0.05, 0.1) is 5.69 Å². The van der Waals surface area contributed by atoms with Crippen LogP contribution in [0.15, 0.2) is 30.3 Å². The van der Waals surface area contributed by atoms with Crippen LogP contribution in [-0.2, 0) is 6.42 Å². The van der Waals surface area contributed by atoms with Gasteiger partial charge in [0.25, 0.3) is 5.91 Å². The molecular weight excluding hydrogens is 372 g/mol. The minimum Gasteiger partial charge on any atom is -0.334 e. The molecule has 0 radical (unpaired) electrons. The molecule has 2 heterocycles. The summed E-state index contributed by atoms with van der Waals surface area (Å²) in [5.74, 6) is 1.32. The molecular formula is C25H36N4O. The van der Waals surface area contributed by atoms with Gasteiger partial charge >= 0.3 is 0 Å². The molecule has 0 aliphatic carbocycles. The highest BCUT2D eigenvalue weighted by Gasteiger charge is 2.28. The van der Waals surface area contributed by atoms with Crippen LogP contribution in [0.2, 0.25) is 0 Å². The van der Waals surface area contributed by atoms with Gasteiger partial charge < -0.3 is 10.2 Å². The Balaban J connectivity index is 1.97. The minimum absolute atomic E-state index is 0.00833. The molecule has 1 amide bonds. The maximum absolute atomic E-state index is 13.4. The number of rotatable bonds is 6. The third-order valence-electron chi connectivity index (χ3n) is 5.86. The van der Waals surface area contributed by atoms with Gasteiger partial charge in [-0.05, 0) is 41.4 Å². The Morgan fingerprint density at radius 1 is 1.13 bits per heavy atom. The van der Waals surface area contributed by atoms with E-state index in [1.165, 1.54) is 5.56 Å². The Hall–Kier alpha value is -2.27. The summed E-state index contributed by atoms with van der Waals surface area (Å²) in [6.45, 7) is 15.4. The number of carbonyl (C=O) groups is 1. The summed E-state index contributed by atoms with van der Waals surface area (Å²) in [7, 11) is 0. The fourth-order valence-electron chi connectivity index (χ4n) is 4.13. The van der Waals surface area contributed by atoms with E-state index in [0.29, 0.717) is 36.0 Å². The molecule has 1 saturated heterocycles. The average molecular weight is 409 g/mol. The lowest BCUT2D eigenvalue weighted by molar-refractivity contribution is 0.0675. The van der Waals surface area contributed by atoms with Gasteiger partial charge in [-0.15, -0.1) is 10.2 Å². The van der Waals surface area contributed by atoms with E-state index < -0.39 is 0 Å². The molecule has 0 spiro atoms. The van der Waals surface area contributed by atoms with Crippen LogP contribution in [0.25, 0.3) is 11.3 Å². The Kier molecular flexibility index (Phi) is 7.24. The molecule has 162 valence electrons. The molecule has 2 aromatic rings. The lowest BCUT2D eigenvalue weighted by atomic mass is 9.93. The highest BCUT2D eigenvalue weighted by atomic mass is 16.2. The second-order valence-corrected chi connectivity index (χ2v) is 9.50. The van der Waals surface area contributed by atoms with E-state index >= 15 is 0 Å². The largest absolute Gasteiger partial charge is 0.334 e. The van der Waals surface area contributed by atoms with Crippen LogP contribution in [0, 0.1) is 11.8 Å². The summed E-state index contributed by atoms with van der Waals surface area (Å²) in [6.07, 6.45) is 0.813. The molecule has 1 aromatic carbocycles. The van der Waals surface area contributed by atoms with Crippen LogP contribution in [0.5, 0.6) is 0 Å². The molecule has 1 aliphatic heterocycles. The van der Waals surface area contributed by atoms with Crippen LogP contribution in [0.3, 0.4) is 0 Å². The first-order valence-corrected chi connectivity index (χ1v) is 11.3. The number of benzene rings is 1. The van der Waals surface area contributed by atoms with Crippen LogP contribution in [-0.4, -0.2) is 46.7 Å². The number of piperazine rings is 1. The van der Waals surface area contributed by atoms with Crippen molar-refractivity contribution < 1.29 is 4.79 Å². The van der Waals surface area contributed by atoms with Gasteiger partial charge in [-0.3, -0.25) is 4.79 Å². The summed E-state index contributed by atoms with van der Waals surface area (Å²) in [5, 5.41) is 12.5. The van der Waals surface area contributed by atoms with E-state index in [-0.39, 0.29) is 5.91 Å². The van der Waals surface area contributed by atoms with Crippen molar-refractivity contribution in [2.75, 3.05) is 19.6 Å². The molecule has 1 unspecified atom stereocenters. The number of nitrogens with zero attached hydrogens (tertiary/aromatic N) is 3. The Morgan fingerprint density at radius 3 is 2.53 bits per heavy atom. The van der Waals surface area contributed by atoms with E-state index in [2.05, 4.69) is 81.3 Å². The van der Waals surface area contributed by atoms with Crippen LogP contribution < -0.4 is 5.32 Å². The molecule has 0 saturated carbocycles. The smallest absolute Gasteiger partial charge is 0.274 e. The zero-order chi connectivity index (χ0) is 21.8. The summed E-state index contributed by atoms with van der Waals surface area (Å²) in [5.41, 5.74) is 4.72. The van der Waals surface area contributed by atoms with Gasteiger partial charge in [-0.25, -0.2) is 0 Å². The van der Waals surface area contributed by atoms with Crippen LogP contribution in [0.1, 0.15) is 69.1 Å². The molecule has 1 N–H and O–H groups in total. The second-order valence-electron chi connectivity index (χ2n) is 9.50. The Labute approximate surface area is 181 Å². The maximum atomic E-state index is 13.4. The van der Waals surface area contributed by atoms with E-state index in [1.807, 2.05) is 11.0 Å². The van der Waals surface area contributed by atoms with Crippen molar-refractivity contribution in [3.05, 3.63) is 47.2 Å². The first kappa shape index (κ1) is 22.4. The highest BCUT2D eigenvalue weighted by Crippen LogP contribution is 2.29. The number of hydrogen-bond donors (Lipinski definition) is 1. The average Bonchev–Trinajstić information content (AvgIpc) is 2.73. The quantitative estimate of drug-likeness (QED) is 0.763. The molecule has 0 bridgehead atoms. The highest BCUT2D eigenvalue weighted by molar-refractivity contribution is 5.94. The zero-order valence-corrected chi connectivity index (χ0v) is 19.3. The molecule has 1 atom stereocenters. The number of aromatic nitrogens is 2. The van der Waals surface area contributed by atoms with Gasteiger partial charge in [-0.2, -0.15) is 0 Å². The van der Waals surface area contributed by atoms with Crippen molar-refractivity contribution in [1.82, 2.24) is 20.4 Å². The van der Waals surface area contributed by atoms with Crippen LogP contribution >= 0.6 is 0 Å². The van der Waals surface area contributed by atoms with E-state index in [0.717, 1.165) is 36.3 Å². The minimum atomic E-state index is 0.00833. The molecule has 3 rings (SSSR count). The number of hydrogen-bond acceptors (Lipinski definition) is 4. The summed E-state index contributed by atoms with van der Waals surface area (Å²) >= 11 is 0. The predicted octanol–water partition coefficient (Wildman–Crippen LogP) is 4.54. The third kappa shape index (κ3) is 5.07. The number of nitrogens with one attached hydrogen (secondary N) is 1. The maximum Gasteiger partial charge on any atom is 0.274 e. The van der Waals surface area contributed by atoms with Gasteiger partial charge in [0, 0.05) is 31.2 Å². The first-order valence-electron chi connectivity index (χ1n) is 11.3. The standard InChI is InChI=1S/C25H36N4O/c1-16(2)13-19-14-22(21-10-8-7-9-20(21)17(3)4)27-28-24(19)25(30)29-12-11-26-23(15-29)18(5)6/h7-10,14,16-18,23,26H,11-13,15H2,1-6H3. The summed E-state index contributed by atoms with van der Waals surface area (Å²) in [4.78, 5) is 15.3. The van der Waals surface area contributed by atoms with Gasteiger partial charge in [0.1, 0.15) is 0 Å². The zero-order valence-electron chi connectivity index (χ0n) is 19.3. The van der Waals surface area contributed by atoms with E-state index in [1.54, 1.807) is 0 Å². The first-order chi connectivity index (χ1) is 14.3. The fraction of sp³-hybridized carbons (Fsp3) is 0.560. The van der Waals surface area contributed by atoms with E-state index in [9.17, 15) is 4.79 Å². The Bertz CT molecular complexity index is 875. The molecule has 30 heavy (non-hydrogen) atoms. The molecule has 1 fully saturated rings. The normalized spacial score (nSPS) is 17.2. The third-order valence-corrected chi connectivity index (χ3v) is 5.86. The lowest BCUT2D eigenvalue weighted by Crippen LogP contribution is -2.54. The topological polar surface area (TPSA) is 58.1 Å². The van der Waals surface area contributed by atoms with Gasteiger partial charge in [0.15, 0.2) is 5.69 Å². The van der Waals surface area contributed by atoms with Gasteiger partial charge in [0.2, 0.25) is 0 Å². The molecule has 1 aliphatic rings. The molecule has 5 heteroatoms. The monoisotopic (exact) mass is 408 g/mol. The number of carbonyl (C=O) groups excluding carboxylic acids is 1. The number of amides is 1. The SMILES string of the molecule is CC(C)Cc1cc(-c2ccccc2C(C)C)nnc1C(=O)N1CCNC(C(C)C)C1. The van der Waals surface area contributed by atoms with Crippen LogP contribution in [0.4, 0.5) is 0 Å². The van der Waals surface area contributed by atoms with Gasteiger partial charge in [-0.1, -0.05) is 65.8 Å². The lowest BCUT2D eigenvalue weighted by Gasteiger charge is -2.35. The van der Waals surface area contributed by atoms with Crippen molar-refractivity contribution in [3.8, 4) is 11.3 Å². The Morgan fingerprint density at radius 2 is 1.87 bits per heavy atom. The van der Waals surface area contributed by atoms with E-state index in [4.69, 9.17) is 0 Å². The van der Waals surface area contributed by atoms with Crippen molar-refractivity contribution in [2.45, 2.75) is 59.9 Å². The molecule has 5 nitrogen and oxygen atoms in total. The van der Waals surface area contributed by atoms with Crippen molar-refractivity contribution in [1.29, 1.82) is 0 Å².